The minimum atomic E-state index is -3.61. The van der Waals surface area contributed by atoms with Crippen LogP contribution in [0.4, 0.5) is 0 Å². The summed E-state index contributed by atoms with van der Waals surface area (Å²) in [5.41, 5.74) is 1.68. The largest absolute Gasteiger partial charge is 0.394 e. The summed E-state index contributed by atoms with van der Waals surface area (Å²) >= 11 is 0. The van der Waals surface area contributed by atoms with Gasteiger partial charge in [0.05, 0.1) is 17.0 Å². The molecule has 0 aromatic heterocycles. The number of aliphatic hydroxyl groups excluding tert-OH is 1. The second-order valence-electron chi connectivity index (χ2n) is 5.67. The van der Waals surface area contributed by atoms with E-state index >= 15 is 0 Å². The Balaban J connectivity index is 3.45. The Morgan fingerprint density at radius 3 is 1.95 bits per heavy atom. The van der Waals surface area contributed by atoms with Crippen LogP contribution in [0.5, 0.6) is 0 Å². The summed E-state index contributed by atoms with van der Waals surface area (Å²) in [5, 5.41) is 9.35. The van der Waals surface area contributed by atoms with Crippen LogP contribution in [0.3, 0.4) is 0 Å². The molecular weight excluding hydrogens is 262 g/mol. The molecule has 1 aromatic rings. The Kier molecular flexibility index (Phi) is 4.44. The third kappa shape index (κ3) is 2.99. The lowest BCUT2D eigenvalue weighted by Crippen LogP contribution is -2.47. The Hall–Kier alpha value is -0.910. The summed E-state index contributed by atoms with van der Waals surface area (Å²) < 4.78 is 26.7. The van der Waals surface area contributed by atoms with Crippen LogP contribution in [0.1, 0.15) is 30.5 Å². The van der Waals surface area contributed by atoms with Crippen molar-refractivity contribution < 1.29 is 13.5 Å². The molecule has 5 heteroatoms. The van der Waals surface area contributed by atoms with Gasteiger partial charge < -0.3 is 5.11 Å². The fourth-order valence-corrected chi connectivity index (χ4v) is 4.05. The highest BCUT2D eigenvalue weighted by atomic mass is 32.2. The second-order valence-corrected chi connectivity index (χ2v) is 7.58. The highest BCUT2D eigenvalue weighted by Crippen LogP contribution is 2.28. The van der Waals surface area contributed by atoms with E-state index in [2.05, 4.69) is 0 Å². The van der Waals surface area contributed by atoms with Gasteiger partial charge in [-0.05, 0) is 45.7 Å². The molecule has 0 bridgehead atoms. The number of benzene rings is 1. The van der Waals surface area contributed by atoms with Crippen LogP contribution in [0, 0.1) is 20.8 Å². The number of aliphatic hydroxyl groups is 1. The average molecular weight is 285 g/mol. The molecule has 108 valence electrons. The van der Waals surface area contributed by atoms with Crippen molar-refractivity contribution in [1.82, 2.24) is 4.31 Å². The fourth-order valence-electron chi connectivity index (χ4n) is 2.14. The Morgan fingerprint density at radius 2 is 1.58 bits per heavy atom. The van der Waals surface area contributed by atoms with E-state index in [-0.39, 0.29) is 6.61 Å². The monoisotopic (exact) mass is 285 g/mol. The van der Waals surface area contributed by atoms with Crippen molar-refractivity contribution in [3.05, 3.63) is 28.8 Å². The topological polar surface area (TPSA) is 57.6 Å². The molecule has 0 amide bonds. The van der Waals surface area contributed by atoms with Crippen LogP contribution in [0.25, 0.3) is 0 Å². The minimum Gasteiger partial charge on any atom is -0.394 e. The molecule has 19 heavy (non-hydrogen) atoms. The Morgan fingerprint density at radius 1 is 1.16 bits per heavy atom. The molecule has 1 N–H and O–H groups in total. The minimum absolute atomic E-state index is 0.229. The molecule has 0 aliphatic heterocycles. The molecule has 0 aliphatic carbocycles. The van der Waals surface area contributed by atoms with Gasteiger partial charge in [0.25, 0.3) is 0 Å². The van der Waals surface area contributed by atoms with Gasteiger partial charge >= 0.3 is 0 Å². The van der Waals surface area contributed by atoms with Crippen LogP contribution in [-0.4, -0.2) is 37.0 Å². The first-order chi connectivity index (χ1) is 8.54. The molecule has 0 atom stereocenters. The lowest BCUT2D eigenvalue weighted by atomic mass is 10.1. The van der Waals surface area contributed by atoms with Gasteiger partial charge in [-0.1, -0.05) is 17.7 Å². The van der Waals surface area contributed by atoms with Crippen LogP contribution in [0.2, 0.25) is 0 Å². The molecule has 4 nitrogen and oxygen atoms in total. The molecule has 0 saturated heterocycles. The predicted octanol–water partition coefficient (Wildman–Crippen LogP) is 2.00. The van der Waals surface area contributed by atoms with Crippen LogP contribution < -0.4 is 0 Å². The maximum absolute atomic E-state index is 12.7. The first-order valence-electron chi connectivity index (χ1n) is 6.22. The normalized spacial score (nSPS) is 13.1. The third-order valence-electron chi connectivity index (χ3n) is 3.46. The van der Waals surface area contributed by atoms with Crippen molar-refractivity contribution in [2.75, 3.05) is 13.7 Å². The molecular formula is C14H23NO3S. The molecule has 1 aromatic carbocycles. The van der Waals surface area contributed by atoms with Gasteiger partial charge in [-0.2, -0.15) is 4.31 Å². The van der Waals surface area contributed by atoms with Crippen LogP contribution in [0.15, 0.2) is 17.0 Å². The maximum Gasteiger partial charge on any atom is 0.243 e. The van der Waals surface area contributed by atoms with Gasteiger partial charge in [0, 0.05) is 7.05 Å². The zero-order chi connectivity index (χ0) is 15.0. The molecule has 0 heterocycles. The van der Waals surface area contributed by atoms with Crippen molar-refractivity contribution in [3.8, 4) is 0 Å². The van der Waals surface area contributed by atoms with E-state index in [0.29, 0.717) is 4.90 Å². The Labute approximate surface area is 116 Å². The number of sulfonamides is 1. The van der Waals surface area contributed by atoms with E-state index in [1.807, 2.05) is 19.1 Å². The Bertz CT molecular complexity index is 553. The van der Waals surface area contributed by atoms with Crippen molar-refractivity contribution in [3.63, 3.8) is 0 Å². The quantitative estimate of drug-likeness (QED) is 0.920. The highest BCUT2D eigenvalue weighted by Gasteiger charge is 2.35. The molecule has 0 saturated carbocycles. The van der Waals surface area contributed by atoms with Gasteiger partial charge in [-0.15, -0.1) is 0 Å². The van der Waals surface area contributed by atoms with Crippen molar-refractivity contribution in [2.45, 2.75) is 45.1 Å². The van der Waals surface area contributed by atoms with E-state index < -0.39 is 15.6 Å². The maximum atomic E-state index is 12.7. The summed E-state index contributed by atoms with van der Waals surface area (Å²) in [6.45, 7) is 8.70. The molecule has 1 rings (SSSR count). The summed E-state index contributed by atoms with van der Waals surface area (Å²) in [7, 11) is -2.11. The number of nitrogens with zero attached hydrogens (tertiary/aromatic N) is 1. The summed E-state index contributed by atoms with van der Waals surface area (Å²) in [6.07, 6.45) is 0. The fraction of sp³-hybridized carbons (Fsp3) is 0.571. The van der Waals surface area contributed by atoms with E-state index in [4.69, 9.17) is 0 Å². The van der Waals surface area contributed by atoms with E-state index in [1.165, 1.54) is 11.4 Å². The van der Waals surface area contributed by atoms with Gasteiger partial charge in [-0.3, -0.25) is 0 Å². The number of hydrogen-bond acceptors (Lipinski definition) is 3. The van der Waals surface area contributed by atoms with Crippen LogP contribution >= 0.6 is 0 Å². The smallest absolute Gasteiger partial charge is 0.243 e. The standard InChI is InChI=1S/C14H23NO3S/c1-10-7-11(2)13(12(3)8-10)19(17,18)15(6)14(4,5)9-16/h7-8,16H,9H2,1-6H3. The molecule has 0 radical (unpaired) electrons. The average Bonchev–Trinajstić information content (AvgIpc) is 2.26. The predicted molar refractivity (Wildman–Crippen MR) is 76.8 cm³/mol. The van der Waals surface area contributed by atoms with Gasteiger partial charge in [0.15, 0.2) is 0 Å². The summed E-state index contributed by atoms with van der Waals surface area (Å²) in [6, 6.07) is 3.72. The zero-order valence-electron chi connectivity index (χ0n) is 12.5. The molecule has 0 spiro atoms. The van der Waals surface area contributed by atoms with E-state index in [1.54, 1.807) is 27.7 Å². The summed E-state index contributed by atoms with van der Waals surface area (Å²) in [5.74, 6) is 0. The number of likely N-dealkylation sites (N-methyl/N-ethyl adjacent to an activating group) is 1. The number of rotatable bonds is 4. The van der Waals surface area contributed by atoms with Gasteiger partial charge in [0.2, 0.25) is 10.0 Å². The molecule has 0 aliphatic rings. The third-order valence-corrected chi connectivity index (χ3v) is 5.84. The van der Waals surface area contributed by atoms with Crippen molar-refractivity contribution >= 4 is 10.0 Å². The number of hydrogen-bond donors (Lipinski definition) is 1. The highest BCUT2D eigenvalue weighted by molar-refractivity contribution is 7.89. The van der Waals surface area contributed by atoms with E-state index in [9.17, 15) is 13.5 Å². The second kappa shape index (κ2) is 5.23. The number of aryl methyl sites for hydroxylation is 3. The first kappa shape index (κ1) is 16.1. The van der Waals surface area contributed by atoms with Gasteiger partial charge in [0.1, 0.15) is 0 Å². The van der Waals surface area contributed by atoms with E-state index in [0.717, 1.165) is 16.7 Å². The van der Waals surface area contributed by atoms with Crippen LogP contribution in [-0.2, 0) is 10.0 Å². The lowest BCUT2D eigenvalue weighted by molar-refractivity contribution is 0.138. The van der Waals surface area contributed by atoms with Gasteiger partial charge in [-0.25, -0.2) is 8.42 Å². The zero-order valence-corrected chi connectivity index (χ0v) is 13.3. The summed E-state index contributed by atoms with van der Waals surface area (Å²) in [4.78, 5) is 0.335. The molecule has 0 fully saturated rings. The SMILES string of the molecule is Cc1cc(C)c(S(=O)(=O)N(C)C(C)(C)CO)c(C)c1. The van der Waals surface area contributed by atoms with Crippen molar-refractivity contribution in [2.24, 2.45) is 0 Å². The van der Waals surface area contributed by atoms with Crippen molar-refractivity contribution in [1.29, 1.82) is 0 Å². The lowest BCUT2D eigenvalue weighted by Gasteiger charge is -2.33. The molecule has 0 unspecified atom stereocenters. The first-order valence-corrected chi connectivity index (χ1v) is 7.66.